The molecule has 1 saturated heterocycles. The van der Waals surface area contributed by atoms with Crippen LogP contribution in [0.1, 0.15) is 90.8 Å². The number of methoxy groups -OCH3 is 1. The third kappa shape index (κ3) is 14.0. The molecule has 0 aliphatic carbocycles. The number of hydrogen-bond acceptors (Lipinski definition) is 3. The molecule has 0 bridgehead atoms. The van der Waals surface area contributed by atoms with Gasteiger partial charge in [-0.2, -0.15) is 0 Å². The summed E-state index contributed by atoms with van der Waals surface area (Å²) in [6.07, 6.45) is 2.50. The summed E-state index contributed by atoms with van der Waals surface area (Å²) < 4.78 is 5.24. The zero-order chi connectivity index (χ0) is 24.9. The van der Waals surface area contributed by atoms with Gasteiger partial charge >= 0.3 is 0 Å². The molecule has 3 rings (SSSR count). The van der Waals surface area contributed by atoms with Crippen LogP contribution < -0.4 is 4.74 Å². The van der Waals surface area contributed by atoms with E-state index < -0.39 is 0 Å². The lowest BCUT2D eigenvalue weighted by atomic mass is 9.89. The molecule has 0 aromatic heterocycles. The predicted octanol–water partition coefficient (Wildman–Crippen LogP) is 8.06. The molecule has 3 nitrogen and oxygen atoms in total. The quantitative estimate of drug-likeness (QED) is 0.478. The van der Waals surface area contributed by atoms with Gasteiger partial charge < -0.3 is 9.53 Å². The Balaban J connectivity index is 0. The van der Waals surface area contributed by atoms with E-state index in [1.807, 2.05) is 41.5 Å². The molecule has 0 saturated carbocycles. The molecule has 2 aromatic rings. The van der Waals surface area contributed by atoms with Gasteiger partial charge in [0.2, 0.25) is 0 Å². The number of ketones is 1. The zero-order valence-corrected chi connectivity index (χ0v) is 22.5. The lowest BCUT2D eigenvalue weighted by Gasteiger charge is -2.32. The first-order valence-electron chi connectivity index (χ1n) is 12.4. The maximum atomic E-state index is 9.44. The highest BCUT2D eigenvalue weighted by Gasteiger charge is 2.20. The highest BCUT2D eigenvalue weighted by Crippen LogP contribution is 2.29. The number of carbonyl (C=O) groups is 1. The van der Waals surface area contributed by atoms with Crippen molar-refractivity contribution in [2.45, 2.75) is 87.6 Å². The molecule has 182 valence electrons. The number of hydrogen-bond donors (Lipinski definition) is 0. The second-order valence-corrected chi connectivity index (χ2v) is 7.22. The van der Waals surface area contributed by atoms with Crippen LogP contribution in [0.5, 0.6) is 5.75 Å². The molecule has 1 heterocycles. The number of piperidine rings is 1. The third-order valence-electron chi connectivity index (χ3n) is 4.70. The van der Waals surface area contributed by atoms with Gasteiger partial charge in [0.05, 0.1) is 7.11 Å². The molecular weight excluding hydrogens is 394 g/mol. The second kappa shape index (κ2) is 20.8. The fourth-order valence-electron chi connectivity index (χ4n) is 3.25. The molecular formula is C29H49NO2. The summed E-state index contributed by atoms with van der Waals surface area (Å²) in [5.41, 5.74) is 4.21. The van der Waals surface area contributed by atoms with Crippen molar-refractivity contribution < 1.29 is 9.53 Å². The van der Waals surface area contributed by atoms with Crippen LogP contribution in [-0.4, -0.2) is 30.9 Å². The number of likely N-dealkylation sites (tertiary alicyclic amines) is 1. The molecule has 0 spiro atoms. The van der Waals surface area contributed by atoms with E-state index in [9.17, 15) is 4.79 Å². The maximum absolute atomic E-state index is 9.44. The maximum Gasteiger partial charge on any atom is 0.126 e. The van der Waals surface area contributed by atoms with Crippen molar-refractivity contribution in [3.8, 4) is 5.75 Å². The summed E-state index contributed by atoms with van der Waals surface area (Å²) in [4.78, 5) is 12.0. The Hall–Kier alpha value is -2.13. The molecule has 32 heavy (non-hydrogen) atoms. The van der Waals surface area contributed by atoms with Crippen molar-refractivity contribution in [2.75, 3.05) is 20.2 Å². The minimum absolute atomic E-state index is 0.167. The van der Waals surface area contributed by atoms with E-state index in [2.05, 4.69) is 60.4 Å². The van der Waals surface area contributed by atoms with Gasteiger partial charge in [0, 0.05) is 6.54 Å². The van der Waals surface area contributed by atoms with Crippen molar-refractivity contribution in [3.05, 3.63) is 65.2 Å². The van der Waals surface area contributed by atoms with E-state index in [4.69, 9.17) is 4.74 Å². The van der Waals surface area contributed by atoms with Gasteiger partial charge in [0.25, 0.3) is 0 Å². The Kier molecular flexibility index (Phi) is 20.8. The largest absolute Gasteiger partial charge is 0.497 e. The van der Waals surface area contributed by atoms with Crippen LogP contribution in [-0.2, 0) is 11.3 Å². The van der Waals surface area contributed by atoms with Crippen LogP contribution in [0.25, 0.3) is 0 Å². The number of nitrogens with zero attached hydrogens (tertiary/aromatic N) is 1. The average Bonchev–Trinajstić information content (AvgIpc) is 2.85. The average molecular weight is 444 g/mol. The van der Waals surface area contributed by atoms with Crippen molar-refractivity contribution >= 4 is 5.78 Å². The van der Waals surface area contributed by atoms with Gasteiger partial charge in [0.15, 0.2) is 0 Å². The van der Waals surface area contributed by atoms with E-state index in [-0.39, 0.29) is 5.78 Å². The number of aryl methyl sites for hydroxylation is 1. The monoisotopic (exact) mass is 443 g/mol. The van der Waals surface area contributed by atoms with E-state index in [0.717, 1.165) is 12.3 Å². The van der Waals surface area contributed by atoms with E-state index in [0.29, 0.717) is 5.92 Å². The van der Waals surface area contributed by atoms with Crippen molar-refractivity contribution in [2.24, 2.45) is 0 Å². The third-order valence-corrected chi connectivity index (χ3v) is 4.70. The summed E-state index contributed by atoms with van der Waals surface area (Å²) in [5, 5.41) is 0. The van der Waals surface area contributed by atoms with Crippen LogP contribution in [0.3, 0.4) is 0 Å². The molecule has 0 unspecified atom stereocenters. The highest BCUT2D eigenvalue weighted by atomic mass is 16.5. The van der Waals surface area contributed by atoms with Crippen molar-refractivity contribution in [1.82, 2.24) is 4.90 Å². The molecule has 0 N–H and O–H groups in total. The molecule has 1 aliphatic heterocycles. The summed E-state index contributed by atoms with van der Waals surface area (Å²) in [6.45, 7) is 20.6. The van der Waals surface area contributed by atoms with E-state index in [1.165, 1.54) is 56.5 Å². The van der Waals surface area contributed by atoms with E-state index >= 15 is 0 Å². The first-order valence-corrected chi connectivity index (χ1v) is 12.4. The summed E-state index contributed by atoms with van der Waals surface area (Å²) in [6, 6.07) is 17.5. The minimum Gasteiger partial charge on any atom is -0.497 e. The summed E-state index contributed by atoms with van der Waals surface area (Å²) in [7, 11) is 1.72. The van der Waals surface area contributed by atoms with E-state index in [1.54, 1.807) is 7.11 Å². The SMILES string of the molecule is CC.CC.CC.CC(C)=O.COc1ccc(C2CCN(Cc3ccc(C)cc3)CC2)cc1. The number of rotatable bonds is 4. The molecule has 1 fully saturated rings. The van der Waals surface area contributed by atoms with Crippen LogP contribution in [0.2, 0.25) is 0 Å². The number of carbonyl (C=O) groups excluding carboxylic acids is 1. The summed E-state index contributed by atoms with van der Waals surface area (Å²) >= 11 is 0. The van der Waals surface area contributed by atoms with Crippen molar-refractivity contribution in [1.29, 1.82) is 0 Å². The second-order valence-electron chi connectivity index (χ2n) is 7.22. The fourth-order valence-corrected chi connectivity index (χ4v) is 3.25. The first kappa shape index (κ1) is 32.1. The Labute approximate surface area is 199 Å². The van der Waals surface area contributed by atoms with Gasteiger partial charge in [-0.3, -0.25) is 4.90 Å². The molecule has 1 aliphatic rings. The molecule has 0 atom stereocenters. The van der Waals surface area contributed by atoms with Crippen LogP contribution >= 0.6 is 0 Å². The van der Waals surface area contributed by atoms with Crippen LogP contribution in [0.15, 0.2) is 48.5 Å². The first-order chi connectivity index (χ1) is 15.5. The van der Waals surface area contributed by atoms with Crippen LogP contribution in [0.4, 0.5) is 0 Å². The number of Topliss-reactive ketones (excluding diaryl/α,β-unsaturated/α-hetero) is 1. The lowest BCUT2D eigenvalue weighted by molar-refractivity contribution is -0.114. The Morgan fingerprint density at radius 2 is 1.28 bits per heavy atom. The van der Waals surface area contributed by atoms with Gasteiger partial charge in [0.1, 0.15) is 11.5 Å². The number of benzene rings is 2. The normalized spacial score (nSPS) is 12.8. The van der Waals surface area contributed by atoms with Gasteiger partial charge in [-0.1, -0.05) is 83.5 Å². The smallest absolute Gasteiger partial charge is 0.126 e. The Bertz CT molecular complexity index is 665. The minimum atomic E-state index is 0.167. The lowest BCUT2D eigenvalue weighted by Crippen LogP contribution is -2.32. The summed E-state index contributed by atoms with van der Waals surface area (Å²) in [5.74, 6) is 1.81. The molecule has 2 aromatic carbocycles. The van der Waals surface area contributed by atoms with Gasteiger partial charge in [-0.15, -0.1) is 0 Å². The highest BCUT2D eigenvalue weighted by molar-refractivity contribution is 5.72. The van der Waals surface area contributed by atoms with Crippen molar-refractivity contribution in [3.63, 3.8) is 0 Å². The molecule has 0 radical (unpaired) electrons. The topological polar surface area (TPSA) is 29.5 Å². The fraction of sp³-hybridized carbons (Fsp3) is 0.552. The Morgan fingerprint density at radius 3 is 1.69 bits per heavy atom. The molecule has 0 amide bonds. The Morgan fingerprint density at radius 1 is 0.844 bits per heavy atom. The van der Waals surface area contributed by atoms with Crippen LogP contribution in [0, 0.1) is 6.92 Å². The standard InChI is InChI=1S/C20H25NO.C3H6O.3C2H6/c1-16-3-5-17(6-4-16)15-21-13-11-19(12-14-21)18-7-9-20(22-2)10-8-18;1-3(2)4;3*1-2/h3-10,19H,11-15H2,1-2H3;1-2H3;3*1-2H3. The zero-order valence-electron chi connectivity index (χ0n) is 22.5. The molecule has 3 heteroatoms. The predicted molar refractivity (Wildman–Crippen MR) is 142 cm³/mol. The number of ether oxygens (including phenoxy) is 1. The van der Waals surface area contributed by atoms with Gasteiger partial charge in [-0.25, -0.2) is 0 Å². The van der Waals surface area contributed by atoms with Gasteiger partial charge in [-0.05, 0) is 75.9 Å².